The summed E-state index contributed by atoms with van der Waals surface area (Å²) < 4.78 is 12.6. The highest BCUT2D eigenvalue weighted by atomic mass is 16.4. The van der Waals surface area contributed by atoms with Gasteiger partial charge in [-0.3, -0.25) is 4.99 Å². The van der Waals surface area contributed by atoms with Gasteiger partial charge in [-0.2, -0.15) is 0 Å². The summed E-state index contributed by atoms with van der Waals surface area (Å²) in [5.74, 6) is 1.05. The Kier molecular flexibility index (Phi) is 7.61. The van der Waals surface area contributed by atoms with E-state index in [1.165, 1.54) is 39.0 Å². The molecule has 0 fully saturated rings. The van der Waals surface area contributed by atoms with Crippen molar-refractivity contribution in [2.75, 3.05) is 0 Å². The quantitative estimate of drug-likeness (QED) is 0.171. The standard InChI is InChI=1S/C52H35N3O2/c1-33-24-27-44(35-29-36(50-54-45-20-10-12-22-48(45)56-50)31-37(30-35)51-55-46-21-11-13-23-49(46)57-51)53-47(28-33)34-25-26-41-40-18-8-9-19-42(40)52(43(41)32-34,38-14-4-2-5-15-38)39-16-6-3-7-17-39/h2-27,29-32H,28H2,1H3. The van der Waals surface area contributed by atoms with E-state index in [9.17, 15) is 0 Å². The summed E-state index contributed by atoms with van der Waals surface area (Å²) in [5, 5.41) is 0. The lowest BCUT2D eigenvalue weighted by molar-refractivity contribution is 0.617. The van der Waals surface area contributed by atoms with Gasteiger partial charge in [0.05, 0.1) is 16.8 Å². The maximum absolute atomic E-state index is 6.31. The van der Waals surface area contributed by atoms with E-state index in [4.69, 9.17) is 23.8 Å². The molecule has 0 saturated carbocycles. The van der Waals surface area contributed by atoms with Crippen molar-refractivity contribution in [3.8, 4) is 34.0 Å². The molecule has 57 heavy (non-hydrogen) atoms. The van der Waals surface area contributed by atoms with E-state index in [-0.39, 0.29) is 0 Å². The van der Waals surface area contributed by atoms with Gasteiger partial charge in [-0.05, 0) is 100 Å². The number of nitrogens with zero attached hydrogens (tertiary/aromatic N) is 3. The Morgan fingerprint density at radius 1 is 0.474 bits per heavy atom. The van der Waals surface area contributed by atoms with Gasteiger partial charge < -0.3 is 8.83 Å². The Bertz CT molecular complexity index is 2910. The van der Waals surface area contributed by atoms with Crippen LogP contribution in [0.5, 0.6) is 0 Å². The zero-order chi connectivity index (χ0) is 37.9. The SMILES string of the molecule is CC1=CC=C(c2cc(-c3nc4ccccc4o3)cc(-c3nc4ccccc4o3)c2)N=C(c2ccc3c(c2)C(c2ccccc2)(c2ccccc2)c2ccccc2-3)C1. The molecule has 0 radical (unpaired) electrons. The number of rotatable bonds is 6. The average molecular weight is 734 g/mol. The van der Waals surface area contributed by atoms with Crippen molar-refractivity contribution in [1.82, 2.24) is 9.97 Å². The summed E-state index contributed by atoms with van der Waals surface area (Å²) >= 11 is 0. The van der Waals surface area contributed by atoms with Crippen molar-refractivity contribution in [1.29, 1.82) is 0 Å². The molecule has 1 aliphatic heterocycles. The number of aliphatic imine (C=N–C) groups is 1. The van der Waals surface area contributed by atoms with Gasteiger partial charge in [-0.1, -0.05) is 133 Å². The Morgan fingerprint density at radius 2 is 1.02 bits per heavy atom. The molecule has 0 amide bonds. The van der Waals surface area contributed by atoms with E-state index in [1.807, 2.05) is 54.6 Å². The molecular formula is C52H35N3O2. The van der Waals surface area contributed by atoms with Crippen LogP contribution in [-0.2, 0) is 5.41 Å². The van der Waals surface area contributed by atoms with Gasteiger partial charge in [0.15, 0.2) is 11.2 Å². The van der Waals surface area contributed by atoms with Crippen LogP contribution in [-0.4, -0.2) is 15.7 Å². The molecule has 0 N–H and O–H groups in total. The maximum atomic E-state index is 6.31. The maximum Gasteiger partial charge on any atom is 0.227 e. The van der Waals surface area contributed by atoms with E-state index in [1.54, 1.807) is 0 Å². The van der Waals surface area contributed by atoms with E-state index in [0.717, 1.165) is 55.9 Å². The molecule has 2 aliphatic rings. The summed E-state index contributed by atoms with van der Waals surface area (Å²) in [7, 11) is 0. The fourth-order valence-electron chi connectivity index (χ4n) is 8.73. The third kappa shape index (κ3) is 5.42. The molecule has 1 aliphatic carbocycles. The van der Waals surface area contributed by atoms with E-state index in [0.29, 0.717) is 18.2 Å². The van der Waals surface area contributed by atoms with Gasteiger partial charge in [-0.25, -0.2) is 9.97 Å². The number of fused-ring (bicyclic) bond motifs is 5. The second kappa shape index (κ2) is 13.1. The molecule has 0 unspecified atom stereocenters. The predicted octanol–water partition coefficient (Wildman–Crippen LogP) is 12.8. The topological polar surface area (TPSA) is 64.4 Å². The smallest absolute Gasteiger partial charge is 0.227 e. The molecule has 5 heteroatoms. The molecule has 0 atom stereocenters. The zero-order valence-electron chi connectivity index (χ0n) is 31.2. The molecule has 7 aromatic carbocycles. The summed E-state index contributed by atoms with van der Waals surface area (Å²) in [6.07, 6.45) is 5.00. The Morgan fingerprint density at radius 3 is 1.65 bits per heavy atom. The number of hydrogen-bond donors (Lipinski definition) is 0. The third-order valence-electron chi connectivity index (χ3n) is 11.3. The average Bonchev–Trinajstić information content (AvgIpc) is 3.94. The third-order valence-corrected chi connectivity index (χ3v) is 11.3. The van der Waals surface area contributed by atoms with Crippen molar-refractivity contribution < 1.29 is 8.83 Å². The second-order valence-corrected chi connectivity index (χ2v) is 14.9. The zero-order valence-corrected chi connectivity index (χ0v) is 31.2. The number of allylic oxidation sites excluding steroid dienone is 3. The van der Waals surface area contributed by atoms with Gasteiger partial charge >= 0.3 is 0 Å². The Labute approximate surface area is 330 Å². The van der Waals surface area contributed by atoms with Gasteiger partial charge in [-0.15, -0.1) is 0 Å². The van der Waals surface area contributed by atoms with Crippen LogP contribution in [0.3, 0.4) is 0 Å². The number of benzene rings is 7. The molecule has 270 valence electrons. The summed E-state index contributed by atoms with van der Waals surface area (Å²) in [6, 6.07) is 59.5. The molecular weight excluding hydrogens is 699 g/mol. The molecule has 11 rings (SSSR count). The lowest BCUT2D eigenvalue weighted by Gasteiger charge is -2.34. The minimum atomic E-state index is -0.498. The van der Waals surface area contributed by atoms with Crippen molar-refractivity contribution in [3.63, 3.8) is 0 Å². The highest BCUT2D eigenvalue weighted by Crippen LogP contribution is 2.56. The number of aromatic nitrogens is 2. The van der Waals surface area contributed by atoms with Crippen LogP contribution in [0.4, 0.5) is 0 Å². The van der Waals surface area contributed by atoms with Crippen molar-refractivity contribution in [3.05, 3.63) is 221 Å². The van der Waals surface area contributed by atoms with E-state index < -0.39 is 5.41 Å². The van der Waals surface area contributed by atoms with E-state index >= 15 is 0 Å². The highest BCUT2D eigenvalue weighted by molar-refractivity contribution is 6.06. The predicted molar refractivity (Wildman–Crippen MR) is 229 cm³/mol. The molecule has 3 heterocycles. The Hall–Kier alpha value is -7.37. The first-order valence-corrected chi connectivity index (χ1v) is 19.3. The van der Waals surface area contributed by atoms with Crippen LogP contribution in [0.2, 0.25) is 0 Å². The second-order valence-electron chi connectivity index (χ2n) is 14.9. The molecule has 0 spiro atoms. The van der Waals surface area contributed by atoms with Crippen LogP contribution in [0.1, 0.15) is 46.7 Å². The first-order chi connectivity index (χ1) is 28.1. The van der Waals surface area contributed by atoms with Crippen LogP contribution in [0.25, 0.3) is 61.9 Å². The van der Waals surface area contributed by atoms with E-state index in [2.05, 4.69) is 134 Å². The number of para-hydroxylation sites is 4. The fraction of sp³-hybridized carbons (Fsp3) is 0.0577. The van der Waals surface area contributed by atoms with Crippen molar-refractivity contribution in [2.45, 2.75) is 18.8 Å². The van der Waals surface area contributed by atoms with Gasteiger partial charge in [0.2, 0.25) is 11.8 Å². The highest BCUT2D eigenvalue weighted by Gasteiger charge is 2.46. The lowest BCUT2D eigenvalue weighted by atomic mass is 9.67. The molecule has 0 saturated heterocycles. The monoisotopic (exact) mass is 733 g/mol. The molecule has 9 aromatic rings. The normalized spacial score (nSPS) is 14.4. The summed E-state index contributed by atoms with van der Waals surface area (Å²) in [6.45, 7) is 2.18. The van der Waals surface area contributed by atoms with Crippen LogP contribution in [0.15, 0.2) is 201 Å². The molecule has 2 aromatic heterocycles. The molecule has 5 nitrogen and oxygen atoms in total. The minimum Gasteiger partial charge on any atom is -0.436 e. The first kappa shape index (κ1) is 33.0. The van der Waals surface area contributed by atoms with Gasteiger partial charge in [0.25, 0.3) is 0 Å². The number of oxazole rings is 2. The van der Waals surface area contributed by atoms with Crippen LogP contribution in [0, 0.1) is 0 Å². The summed E-state index contributed by atoms with van der Waals surface area (Å²) in [4.78, 5) is 15.3. The molecule has 0 bridgehead atoms. The first-order valence-electron chi connectivity index (χ1n) is 19.3. The van der Waals surface area contributed by atoms with Gasteiger partial charge in [0, 0.05) is 23.1 Å². The summed E-state index contributed by atoms with van der Waals surface area (Å²) in [5.41, 5.74) is 16.8. The lowest BCUT2D eigenvalue weighted by Crippen LogP contribution is -2.28. The van der Waals surface area contributed by atoms with Crippen molar-refractivity contribution >= 4 is 33.6 Å². The minimum absolute atomic E-state index is 0.498. The van der Waals surface area contributed by atoms with Gasteiger partial charge in [0.1, 0.15) is 11.0 Å². The van der Waals surface area contributed by atoms with Crippen LogP contribution >= 0.6 is 0 Å². The van der Waals surface area contributed by atoms with Crippen LogP contribution < -0.4 is 0 Å². The number of hydrogen-bond acceptors (Lipinski definition) is 5. The Balaban J connectivity index is 1.09. The largest absolute Gasteiger partial charge is 0.436 e. The fourth-order valence-corrected chi connectivity index (χ4v) is 8.73. The van der Waals surface area contributed by atoms with Crippen molar-refractivity contribution in [2.24, 2.45) is 4.99 Å².